The third-order valence-electron chi connectivity index (χ3n) is 3.94. The molecule has 0 fully saturated rings. The van der Waals surface area contributed by atoms with Gasteiger partial charge in [0.15, 0.2) is 5.13 Å². The first-order chi connectivity index (χ1) is 8.57. The van der Waals surface area contributed by atoms with Crippen molar-refractivity contribution >= 4 is 22.4 Å². The number of hydrogen-bond donors (Lipinski definition) is 2. The summed E-state index contributed by atoms with van der Waals surface area (Å²) in [5, 5.41) is 15.1. The fourth-order valence-electron chi connectivity index (χ4n) is 1.26. The summed E-state index contributed by atoms with van der Waals surface area (Å²) in [5.41, 5.74) is -0.159. The zero-order valence-corrected chi connectivity index (χ0v) is 13.4. The maximum atomic E-state index is 11.2. The van der Waals surface area contributed by atoms with Crippen molar-refractivity contribution in [1.29, 1.82) is 0 Å². The third-order valence-corrected chi connectivity index (χ3v) is 4.74. The van der Waals surface area contributed by atoms with Gasteiger partial charge in [-0.3, -0.25) is 4.79 Å². The summed E-state index contributed by atoms with van der Waals surface area (Å²) in [6, 6.07) is 0. The van der Waals surface area contributed by atoms with Gasteiger partial charge in [-0.2, -0.15) is 0 Å². The lowest BCUT2D eigenvalue weighted by Crippen LogP contribution is -2.30. The van der Waals surface area contributed by atoms with E-state index in [4.69, 9.17) is 0 Å². The van der Waals surface area contributed by atoms with Crippen LogP contribution < -0.4 is 5.32 Å². The Morgan fingerprint density at radius 3 is 2.47 bits per heavy atom. The molecule has 5 heteroatoms. The van der Waals surface area contributed by atoms with Crippen LogP contribution in [0.5, 0.6) is 0 Å². The first kappa shape index (κ1) is 16.0. The van der Waals surface area contributed by atoms with Crippen LogP contribution in [-0.4, -0.2) is 22.6 Å². The number of aromatic nitrogens is 1. The number of hydrogen-bond acceptors (Lipinski definition) is 4. The lowest BCUT2D eigenvalue weighted by atomic mass is 9.81. The number of carboxylic acid groups (broad SMARTS) is 1. The standard InChI is InChI=1S/C14H24N2O2S/c1-9(2)13(3,4)8-15-12-16-10(7-19-12)14(5,6)11(17)18/h7,9H,8H2,1-6H3,(H,15,16)(H,17,18). The van der Waals surface area contributed by atoms with E-state index in [2.05, 4.69) is 38.0 Å². The van der Waals surface area contributed by atoms with Crippen LogP contribution in [0.4, 0.5) is 5.13 Å². The van der Waals surface area contributed by atoms with E-state index >= 15 is 0 Å². The lowest BCUT2D eigenvalue weighted by molar-refractivity contribution is -0.142. The van der Waals surface area contributed by atoms with Gasteiger partial charge in [-0.1, -0.05) is 27.7 Å². The Bertz CT molecular complexity index is 450. The number of nitrogens with one attached hydrogen (secondary N) is 1. The predicted octanol–water partition coefficient (Wildman–Crippen LogP) is 3.60. The summed E-state index contributed by atoms with van der Waals surface area (Å²) in [5.74, 6) is -0.290. The highest BCUT2D eigenvalue weighted by molar-refractivity contribution is 7.13. The van der Waals surface area contributed by atoms with Crippen LogP contribution in [-0.2, 0) is 10.2 Å². The predicted molar refractivity (Wildman–Crippen MR) is 79.9 cm³/mol. The normalized spacial score (nSPS) is 12.8. The van der Waals surface area contributed by atoms with Crippen LogP contribution in [0.2, 0.25) is 0 Å². The van der Waals surface area contributed by atoms with E-state index < -0.39 is 11.4 Å². The largest absolute Gasteiger partial charge is 0.481 e. The molecule has 0 aliphatic rings. The molecule has 0 radical (unpaired) electrons. The molecule has 0 atom stereocenters. The van der Waals surface area contributed by atoms with Crippen molar-refractivity contribution in [3.8, 4) is 0 Å². The van der Waals surface area contributed by atoms with Crippen molar-refractivity contribution in [2.45, 2.75) is 47.0 Å². The first-order valence-corrected chi connectivity index (χ1v) is 7.38. The van der Waals surface area contributed by atoms with Crippen LogP contribution in [0, 0.1) is 11.3 Å². The summed E-state index contributed by atoms with van der Waals surface area (Å²) in [6.07, 6.45) is 0. The van der Waals surface area contributed by atoms with Crippen LogP contribution in [0.25, 0.3) is 0 Å². The van der Waals surface area contributed by atoms with E-state index in [9.17, 15) is 9.90 Å². The van der Waals surface area contributed by atoms with Crippen molar-refractivity contribution < 1.29 is 9.90 Å². The van der Waals surface area contributed by atoms with Crippen molar-refractivity contribution in [3.05, 3.63) is 11.1 Å². The minimum absolute atomic E-state index is 0.175. The number of rotatable bonds is 6. The first-order valence-electron chi connectivity index (χ1n) is 6.50. The maximum Gasteiger partial charge on any atom is 0.315 e. The molecule has 0 aliphatic carbocycles. The minimum Gasteiger partial charge on any atom is -0.481 e. The van der Waals surface area contributed by atoms with Crippen molar-refractivity contribution in [3.63, 3.8) is 0 Å². The smallest absolute Gasteiger partial charge is 0.315 e. The summed E-state index contributed by atoms with van der Waals surface area (Å²) in [4.78, 5) is 15.6. The molecule has 0 unspecified atom stereocenters. The summed E-state index contributed by atoms with van der Waals surface area (Å²) < 4.78 is 0. The van der Waals surface area contributed by atoms with E-state index in [-0.39, 0.29) is 5.41 Å². The van der Waals surface area contributed by atoms with Gasteiger partial charge in [0, 0.05) is 11.9 Å². The molecule has 0 aromatic carbocycles. The van der Waals surface area contributed by atoms with Gasteiger partial charge in [0.1, 0.15) is 5.41 Å². The number of anilines is 1. The van der Waals surface area contributed by atoms with Crippen molar-refractivity contribution in [2.75, 3.05) is 11.9 Å². The second kappa shape index (κ2) is 5.49. The van der Waals surface area contributed by atoms with Crippen molar-refractivity contribution in [2.24, 2.45) is 11.3 Å². The highest BCUT2D eigenvalue weighted by atomic mass is 32.1. The molecular weight excluding hydrogens is 260 g/mol. The Morgan fingerprint density at radius 1 is 1.42 bits per heavy atom. The van der Waals surface area contributed by atoms with E-state index in [1.165, 1.54) is 11.3 Å². The zero-order chi connectivity index (χ0) is 14.8. The SMILES string of the molecule is CC(C)C(C)(C)CNc1nc(C(C)(C)C(=O)O)cs1. The average molecular weight is 284 g/mol. The van der Waals surface area contributed by atoms with E-state index in [1.807, 2.05) is 5.38 Å². The van der Waals surface area contributed by atoms with Crippen molar-refractivity contribution in [1.82, 2.24) is 4.98 Å². The number of thiazole rings is 1. The van der Waals surface area contributed by atoms with Crippen LogP contribution in [0.15, 0.2) is 5.38 Å². The Morgan fingerprint density at radius 2 is 2.00 bits per heavy atom. The number of carboxylic acids is 1. The Kier molecular flexibility index (Phi) is 4.61. The fourth-order valence-corrected chi connectivity index (χ4v) is 2.14. The third kappa shape index (κ3) is 3.69. The lowest BCUT2D eigenvalue weighted by Gasteiger charge is -2.29. The monoisotopic (exact) mass is 284 g/mol. The second-order valence-electron chi connectivity index (χ2n) is 6.46. The molecule has 0 aliphatic heterocycles. The maximum absolute atomic E-state index is 11.2. The van der Waals surface area contributed by atoms with Crippen LogP contribution in [0.3, 0.4) is 0 Å². The molecule has 0 saturated carbocycles. The van der Waals surface area contributed by atoms with Gasteiger partial charge in [-0.15, -0.1) is 11.3 Å². The molecule has 0 bridgehead atoms. The highest BCUT2D eigenvalue weighted by Crippen LogP contribution is 2.30. The molecule has 1 aromatic heterocycles. The molecule has 0 amide bonds. The van der Waals surface area contributed by atoms with Crippen LogP contribution in [0.1, 0.15) is 47.2 Å². The van der Waals surface area contributed by atoms with Gasteiger partial charge in [0.2, 0.25) is 0 Å². The van der Waals surface area contributed by atoms with E-state index in [1.54, 1.807) is 13.8 Å². The Hall–Kier alpha value is -1.10. The van der Waals surface area contributed by atoms with E-state index in [0.29, 0.717) is 11.6 Å². The zero-order valence-electron chi connectivity index (χ0n) is 12.6. The van der Waals surface area contributed by atoms with Gasteiger partial charge >= 0.3 is 5.97 Å². The molecule has 2 N–H and O–H groups in total. The summed E-state index contributed by atoms with van der Waals surface area (Å²) in [6.45, 7) is 13.0. The van der Waals surface area contributed by atoms with Gasteiger partial charge in [0.05, 0.1) is 5.69 Å². The number of nitrogens with zero attached hydrogens (tertiary/aromatic N) is 1. The van der Waals surface area contributed by atoms with Gasteiger partial charge in [-0.05, 0) is 25.2 Å². The van der Waals surface area contributed by atoms with Crippen LogP contribution >= 0.6 is 11.3 Å². The Balaban J connectivity index is 2.74. The van der Waals surface area contributed by atoms with Gasteiger partial charge in [-0.25, -0.2) is 4.98 Å². The number of aliphatic carboxylic acids is 1. The highest BCUT2D eigenvalue weighted by Gasteiger charge is 2.32. The molecule has 1 aromatic rings. The molecule has 4 nitrogen and oxygen atoms in total. The molecule has 19 heavy (non-hydrogen) atoms. The molecule has 1 heterocycles. The quantitative estimate of drug-likeness (QED) is 0.838. The molecule has 0 saturated heterocycles. The average Bonchev–Trinajstić information content (AvgIpc) is 2.75. The topological polar surface area (TPSA) is 62.2 Å². The number of carbonyl (C=O) groups is 1. The van der Waals surface area contributed by atoms with Gasteiger partial charge in [0.25, 0.3) is 0 Å². The molecule has 0 spiro atoms. The fraction of sp³-hybridized carbons (Fsp3) is 0.714. The van der Waals surface area contributed by atoms with Gasteiger partial charge < -0.3 is 10.4 Å². The molecule has 1 rings (SSSR count). The second-order valence-corrected chi connectivity index (χ2v) is 7.32. The molecular formula is C14H24N2O2S. The summed E-state index contributed by atoms with van der Waals surface area (Å²) >= 11 is 1.46. The van der Waals surface area contributed by atoms with E-state index in [0.717, 1.165) is 11.7 Å². The molecule has 108 valence electrons. The minimum atomic E-state index is -0.940. The Labute approximate surface area is 119 Å². The summed E-state index contributed by atoms with van der Waals surface area (Å²) in [7, 11) is 0.